The molecule has 0 saturated heterocycles. The van der Waals surface area contributed by atoms with Gasteiger partial charge in [0.25, 0.3) is 0 Å². The molecule has 0 unspecified atom stereocenters. The van der Waals surface area contributed by atoms with Crippen molar-refractivity contribution in [3.8, 4) is 0 Å². The number of cyclic esters (lactones) is 2. The molecule has 0 spiro atoms. The zero-order valence-corrected chi connectivity index (χ0v) is 16.8. The molecule has 0 bridgehead atoms. The summed E-state index contributed by atoms with van der Waals surface area (Å²) in [7, 11) is 0. The first-order valence-corrected chi connectivity index (χ1v) is 10.2. The molecule has 154 valence electrons. The molecule has 1 aliphatic heterocycles. The van der Waals surface area contributed by atoms with Gasteiger partial charge in [-0.2, -0.15) is 0 Å². The monoisotopic (exact) mass is 422 g/mol. The van der Waals surface area contributed by atoms with Crippen LogP contribution < -0.4 is 0 Å². The maximum Gasteiger partial charge on any atom is 0.346 e. The van der Waals surface area contributed by atoms with E-state index in [2.05, 4.69) is 0 Å². The van der Waals surface area contributed by atoms with Gasteiger partial charge in [-0.15, -0.1) is 0 Å². The number of aromatic carboxylic acids is 1. The number of carbonyl (C=O) groups excluding carboxylic acids is 3. The zero-order valence-electron chi connectivity index (χ0n) is 16.8. The number of hydrogen-bond donors (Lipinski definition) is 1. The Hall–Kier alpha value is -4.32. The fourth-order valence-corrected chi connectivity index (χ4v) is 5.02. The maximum atomic E-state index is 12.7. The van der Waals surface area contributed by atoms with Crippen LogP contribution in [0.15, 0.2) is 48.5 Å². The Morgan fingerprint density at radius 3 is 1.66 bits per heavy atom. The first kappa shape index (κ1) is 18.4. The smallest absolute Gasteiger partial charge is 0.346 e. The summed E-state index contributed by atoms with van der Waals surface area (Å²) in [6.45, 7) is 1.74. The molecule has 1 N–H and O–H groups in total. The summed E-state index contributed by atoms with van der Waals surface area (Å²) in [6.07, 6.45) is 0.251. The third-order valence-corrected chi connectivity index (χ3v) is 6.38. The van der Waals surface area contributed by atoms with E-state index in [1.54, 1.807) is 43.3 Å². The van der Waals surface area contributed by atoms with Gasteiger partial charge in [0.2, 0.25) is 0 Å². The van der Waals surface area contributed by atoms with Crippen LogP contribution in [0.3, 0.4) is 0 Å². The molecule has 5 aromatic rings. The summed E-state index contributed by atoms with van der Waals surface area (Å²) in [6, 6.07) is 13.5. The van der Waals surface area contributed by atoms with E-state index >= 15 is 0 Å². The van der Waals surface area contributed by atoms with Crippen molar-refractivity contribution in [2.24, 2.45) is 0 Å². The highest BCUT2D eigenvalue weighted by atomic mass is 16.6. The molecular formula is C26H14O6. The molecule has 0 radical (unpaired) electrons. The lowest BCUT2D eigenvalue weighted by atomic mass is 9.83. The van der Waals surface area contributed by atoms with Gasteiger partial charge < -0.3 is 9.84 Å². The minimum Gasteiger partial charge on any atom is -0.478 e. The van der Waals surface area contributed by atoms with E-state index in [0.717, 1.165) is 26.9 Å². The predicted octanol–water partition coefficient (Wildman–Crippen LogP) is 5.34. The van der Waals surface area contributed by atoms with Crippen LogP contribution in [0, 0.1) is 0 Å². The molecule has 0 saturated carbocycles. The number of fused-ring (bicyclic) bond motifs is 2. The number of benzene rings is 5. The lowest BCUT2D eigenvalue weighted by molar-refractivity contribution is 0.0390. The molecule has 1 heterocycles. The van der Waals surface area contributed by atoms with Gasteiger partial charge in [0, 0.05) is 22.8 Å². The zero-order chi connectivity index (χ0) is 22.3. The number of Topliss-reactive ketones (excluding diaryl/α,β-unsaturated/α-hetero) is 1. The van der Waals surface area contributed by atoms with Crippen molar-refractivity contribution in [2.75, 3.05) is 0 Å². The first-order valence-electron chi connectivity index (χ1n) is 10.2. The molecule has 1 aliphatic rings. The molecule has 0 aromatic heterocycles. The Bertz CT molecular complexity index is 1640. The van der Waals surface area contributed by atoms with E-state index in [1.165, 1.54) is 6.07 Å². The van der Waals surface area contributed by atoms with E-state index in [0.29, 0.717) is 32.8 Å². The van der Waals surface area contributed by atoms with Crippen molar-refractivity contribution in [3.63, 3.8) is 0 Å². The van der Waals surface area contributed by atoms with Crippen LogP contribution in [0.5, 0.6) is 0 Å². The standard InChI is InChI=1S/C26H14O6/c1-2-19(27)15-7-3-11-13-5-9-17-23-18(26(31)32-25(17)30)10-6-14(21(13)23)12-4-8-16(24(28)29)22(15)20(11)12/h3-10H,2H2,1H3,(H,28,29). The first-order chi connectivity index (χ1) is 15.4. The molecule has 5 aromatic carbocycles. The third kappa shape index (κ3) is 2.13. The van der Waals surface area contributed by atoms with Crippen LogP contribution in [0.1, 0.15) is 54.8 Å². The fraction of sp³-hybridized carbons (Fsp3) is 0.0769. The Kier molecular flexibility index (Phi) is 3.52. The van der Waals surface area contributed by atoms with Crippen LogP contribution >= 0.6 is 0 Å². The molecule has 32 heavy (non-hydrogen) atoms. The molecular weight excluding hydrogens is 408 g/mol. The van der Waals surface area contributed by atoms with Gasteiger partial charge in [-0.05, 0) is 50.5 Å². The molecule has 0 amide bonds. The van der Waals surface area contributed by atoms with Crippen LogP contribution in [0.2, 0.25) is 0 Å². The molecule has 0 atom stereocenters. The van der Waals surface area contributed by atoms with E-state index in [-0.39, 0.29) is 17.8 Å². The molecule has 6 nitrogen and oxygen atoms in total. The lowest BCUT2D eigenvalue weighted by Gasteiger charge is -2.21. The number of carboxylic acid groups (broad SMARTS) is 1. The highest BCUT2D eigenvalue weighted by Gasteiger charge is 2.30. The van der Waals surface area contributed by atoms with E-state index in [4.69, 9.17) is 4.74 Å². The molecule has 0 fully saturated rings. The second kappa shape index (κ2) is 6.11. The summed E-state index contributed by atoms with van der Waals surface area (Å²) in [5, 5.41) is 15.3. The minimum atomic E-state index is -1.11. The number of hydrogen-bond acceptors (Lipinski definition) is 5. The highest BCUT2D eigenvalue weighted by molar-refractivity contribution is 6.39. The molecule has 6 rings (SSSR count). The number of ketones is 1. The number of esters is 2. The number of rotatable bonds is 3. The minimum absolute atomic E-state index is 0.0650. The second-order valence-electron chi connectivity index (χ2n) is 7.90. The van der Waals surface area contributed by atoms with Gasteiger partial charge in [0.15, 0.2) is 5.78 Å². The lowest BCUT2D eigenvalue weighted by Crippen LogP contribution is -2.19. The highest BCUT2D eigenvalue weighted by Crippen LogP contribution is 2.44. The van der Waals surface area contributed by atoms with Crippen molar-refractivity contribution in [1.29, 1.82) is 0 Å². The van der Waals surface area contributed by atoms with Crippen molar-refractivity contribution in [3.05, 3.63) is 70.8 Å². The predicted molar refractivity (Wildman–Crippen MR) is 119 cm³/mol. The molecule has 6 heteroatoms. The van der Waals surface area contributed by atoms with E-state index < -0.39 is 17.9 Å². The van der Waals surface area contributed by atoms with Gasteiger partial charge >= 0.3 is 17.9 Å². The summed E-state index contributed by atoms with van der Waals surface area (Å²) >= 11 is 0. The second-order valence-corrected chi connectivity index (χ2v) is 7.90. The van der Waals surface area contributed by atoms with Crippen molar-refractivity contribution in [2.45, 2.75) is 13.3 Å². The summed E-state index contributed by atoms with van der Waals surface area (Å²) in [5.74, 6) is -2.62. The SMILES string of the molecule is CCC(=O)c1ccc2c3ccc4c5c(ccc(c6ccc(C(=O)O)c1c62)c53)C(=O)OC4=O. The average molecular weight is 422 g/mol. The van der Waals surface area contributed by atoms with Gasteiger partial charge in [-0.25, -0.2) is 14.4 Å². The van der Waals surface area contributed by atoms with Crippen LogP contribution in [0.25, 0.3) is 43.1 Å². The van der Waals surface area contributed by atoms with Gasteiger partial charge in [-0.3, -0.25) is 4.79 Å². The van der Waals surface area contributed by atoms with E-state index in [1.807, 2.05) is 6.07 Å². The van der Waals surface area contributed by atoms with Crippen molar-refractivity contribution < 1.29 is 29.0 Å². The normalized spacial score (nSPS) is 13.4. The van der Waals surface area contributed by atoms with Gasteiger partial charge in [-0.1, -0.05) is 37.3 Å². The topological polar surface area (TPSA) is 97.7 Å². The Morgan fingerprint density at radius 2 is 1.16 bits per heavy atom. The Morgan fingerprint density at radius 1 is 0.688 bits per heavy atom. The number of carbonyl (C=O) groups is 4. The number of ether oxygens (including phenoxy) is 1. The van der Waals surface area contributed by atoms with Crippen LogP contribution in [0.4, 0.5) is 0 Å². The maximum absolute atomic E-state index is 12.7. The summed E-state index contributed by atoms with van der Waals surface area (Å²) in [5.41, 5.74) is 1.08. The fourth-order valence-electron chi connectivity index (χ4n) is 5.02. The third-order valence-electron chi connectivity index (χ3n) is 6.38. The van der Waals surface area contributed by atoms with Crippen molar-refractivity contribution in [1.82, 2.24) is 0 Å². The number of carboxylic acids is 1. The Labute approximate surface area is 180 Å². The average Bonchev–Trinajstić information content (AvgIpc) is 2.79. The summed E-state index contributed by atoms with van der Waals surface area (Å²) < 4.78 is 4.88. The van der Waals surface area contributed by atoms with Crippen LogP contribution in [-0.4, -0.2) is 28.8 Å². The molecule has 0 aliphatic carbocycles. The largest absolute Gasteiger partial charge is 0.478 e. The Balaban J connectivity index is 1.94. The summed E-state index contributed by atoms with van der Waals surface area (Å²) in [4.78, 5) is 49.5. The van der Waals surface area contributed by atoms with Gasteiger partial charge in [0.05, 0.1) is 16.7 Å². The quantitative estimate of drug-likeness (QED) is 0.139. The van der Waals surface area contributed by atoms with Gasteiger partial charge in [0.1, 0.15) is 0 Å². The van der Waals surface area contributed by atoms with Crippen molar-refractivity contribution >= 4 is 66.8 Å². The van der Waals surface area contributed by atoms with E-state index in [9.17, 15) is 24.3 Å². The van der Waals surface area contributed by atoms with Crippen LogP contribution in [-0.2, 0) is 4.74 Å².